The largest absolute Gasteiger partial charge is 0.497 e. The molecule has 0 aromatic heterocycles. The van der Waals surface area contributed by atoms with Crippen LogP contribution >= 0.6 is 0 Å². The molecule has 0 amide bonds. The van der Waals surface area contributed by atoms with Crippen molar-refractivity contribution in [3.05, 3.63) is 36.4 Å². The zero-order valence-electron chi connectivity index (χ0n) is 9.82. The Morgan fingerprint density at radius 3 is 2.50 bits per heavy atom. The van der Waals surface area contributed by atoms with Gasteiger partial charge in [0.25, 0.3) is 0 Å². The van der Waals surface area contributed by atoms with Gasteiger partial charge in [-0.15, -0.1) is 6.58 Å². The molecule has 0 aliphatic heterocycles. The molecule has 86 valence electrons. The van der Waals surface area contributed by atoms with Gasteiger partial charge in [-0.1, -0.05) is 13.0 Å². The molecule has 1 rings (SSSR count). The molecule has 3 heteroatoms. The number of ether oxygens (including phenoxy) is 2. The van der Waals surface area contributed by atoms with Gasteiger partial charge in [-0.05, 0) is 23.6 Å². The van der Waals surface area contributed by atoms with Crippen LogP contribution in [0.15, 0.2) is 30.9 Å². The first-order valence-electron chi connectivity index (χ1n) is 5.06. The van der Waals surface area contributed by atoms with Gasteiger partial charge in [0, 0.05) is 13.0 Å². The minimum Gasteiger partial charge on any atom is -0.497 e. The van der Waals surface area contributed by atoms with Crippen LogP contribution in [0.1, 0.15) is 25.3 Å². The summed E-state index contributed by atoms with van der Waals surface area (Å²) < 4.78 is 10.2. The monoisotopic (exact) mass is 220 g/mol. The van der Waals surface area contributed by atoms with E-state index in [2.05, 4.69) is 6.58 Å². The fourth-order valence-corrected chi connectivity index (χ4v) is 1.34. The summed E-state index contributed by atoms with van der Waals surface area (Å²) in [5, 5.41) is 0. The highest BCUT2D eigenvalue weighted by Crippen LogP contribution is 2.27. The van der Waals surface area contributed by atoms with Crippen molar-refractivity contribution in [1.82, 2.24) is 0 Å². The Kier molecular flexibility index (Phi) is 4.11. The number of esters is 1. The van der Waals surface area contributed by atoms with Crippen LogP contribution in [0.5, 0.6) is 11.5 Å². The van der Waals surface area contributed by atoms with Gasteiger partial charge in [0.15, 0.2) is 0 Å². The molecule has 1 aromatic rings. The van der Waals surface area contributed by atoms with Gasteiger partial charge in [0.05, 0.1) is 7.11 Å². The van der Waals surface area contributed by atoms with Crippen LogP contribution in [0.3, 0.4) is 0 Å². The van der Waals surface area contributed by atoms with Crippen molar-refractivity contribution in [2.75, 3.05) is 7.11 Å². The first-order chi connectivity index (χ1) is 7.56. The highest BCUT2D eigenvalue weighted by atomic mass is 16.5. The predicted molar refractivity (Wildman–Crippen MR) is 62.9 cm³/mol. The van der Waals surface area contributed by atoms with Crippen LogP contribution in [-0.2, 0) is 4.79 Å². The molecule has 3 nitrogen and oxygen atoms in total. The number of benzene rings is 1. The third-order valence-electron chi connectivity index (χ3n) is 2.28. The minimum absolute atomic E-state index is 0.185. The summed E-state index contributed by atoms with van der Waals surface area (Å²) in [6.45, 7) is 7.12. The van der Waals surface area contributed by atoms with E-state index in [9.17, 15) is 4.79 Å². The molecule has 0 heterocycles. The van der Waals surface area contributed by atoms with Crippen molar-refractivity contribution in [2.45, 2.75) is 19.8 Å². The second kappa shape index (κ2) is 5.35. The van der Waals surface area contributed by atoms with E-state index in [-0.39, 0.29) is 11.9 Å². The Bertz CT molecular complexity index is 396. The highest BCUT2D eigenvalue weighted by molar-refractivity contribution is 5.69. The summed E-state index contributed by atoms with van der Waals surface area (Å²) in [6, 6.07) is 5.40. The normalized spacial score (nSPS) is 11.7. The zero-order valence-corrected chi connectivity index (χ0v) is 9.82. The van der Waals surface area contributed by atoms with Crippen LogP contribution in [0.25, 0.3) is 0 Å². The minimum atomic E-state index is -0.342. The lowest BCUT2D eigenvalue weighted by atomic mass is 10.0. The SMILES string of the molecule is C=CC(C)c1cc(OC)cc(OC(C)=O)c1. The van der Waals surface area contributed by atoms with Crippen molar-refractivity contribution in [3.8, 4) is 11.5 Å². The molecule has 0 saturated carbocycles. The summed E-state index contributed by atoms with van der Waals surface area (Å²) >= 11 is 0. The lowest BCUT2D eigenvalue weighted by Crippen LogP contribution is -2.02. The first kappa shape index (κ1) is 12.3. The summed E-state index contributed by atoms with van der Waals surface area (Å²) in [4.78, 5) is 10.9. The van der Waals surface area contributed by atoms with Crippen LogP contribution < -0.4 is 9.47 Å². The summed E-state index contributed by atoms with van der Waals surface area (Å²) in [6.07, 6.45) is 1.83. The quantitative estimate of drug-likeness (QED) is 0.444. The molecule has 0 saturated heterocycles. The Morgan fingerprint density at radius 1 is 1.38 bits per heavy atom. The average Bonchev–Trinajstić information content (AvgIpc) is 2.26. The molecular weight excluding hydrogens is 204 g/mol. The molecule has 1 unspecified atom stereocenters. The third kappa shape index (κ3) is 3.12. The maximum Gasteiger partial charge on any atom is 0.308 e. The van der Waals surface area contributed by atoms with Crippen molar-refractivity contribution < 1.29 is 14.3 Å². The molecule has 0 aliphatic carbocycles. The van der Waals surface area contributed by atoms with Crippen LogP contribution in [0, 0.1) is 0 Å². The van der Waals surface area contributed by atoms with Gasteiger partial charge < -0.3 is 9.47 Å². The maximum absolute atomic E-state index is 10.9. The maximum atomic E-state index is 10.9. The molecule has 0 N–H and O–H groups in total. The van der Waals surface area contributed by atoms with Crippen LogP contribution in [0.2, 0.25) is 0 Å². The van der Waals surface area contributed by atoms with Gasteiger partial charge in [0.2, 0.25) is 0 Å². The highest BCUT2D eigenvalue weighted by Gasteiger charge is 2.08. The van der Waals surface area contributed by atoms with E-state index in [1.807, 2.05) is 25.1 Å². The average molecular weight is 220 g/mol. The molecule has 1 atom stereocenters. The number of hydrogen-bond acceptors (Lipinski definition) is 3. The Hall–Kier alpha value is -1.77. The van der Waals surface area contributed by atoms with Gasteiger partial charge in [-0.2, -0.15) is 0 Å². The van der Waals surface area contributed by atoms with Crippen molar-refractivity contribution >= 4 is 5.97 Å². The molecule has 0 bridgehead atoms. The zero-order chi connectivity index (χ0) is 12.1. The van der Waals surface area contributed by atoms with Crippen molar-refractivity contribution in [1.29, 1.82) is 0 Å². The van der Waals surface area contributed by atoms with E-state index in [4.69, 9.17) is 9.47 Å². The number of carbonyl (C=O) groups is 1. The Morgan fingerprint density at radius 2 is 2.00 bits per heavy atom. The molecule has 1 aromatic carbocycles. The van der Waals surface area contributed by atoms with Gasteiger partial charge in [-0.25, -0.2) is 0 Å². The van der Waals surface area contributed by atoms with Crippen molar-refractivity contribution in [3.63, 3.8) is 0 Å². The molecule has 0 aliphatic rings. The second-order valence-electron chi connectivity index (χ2n) is 3.56. The predicted octanol–water partition coefficient (Wildman–Crippen LogP) is 2.91. The molecule has 16 heavy (non-hydrogen) atoms. The van der Waals surface area contributed by atoms with Crippen LogP contribution in [-0.4, -0.2) is 13.1 Å². The first-order valence-corrected chi connectivity index (χ1v) is 5.06. The number of methoxy groups -OCH3 is 1. The Labute approximate surface area is 95.7 Å². The van der Waals surface area contributed by atoms with Gasteiger partial charge >= 0.3 is 5.97 Å². The van der Waals surface area contributed by atoms with E-state index in [0.717, 1.165) is 5.56 Å². The van der Waals surface area contributed by atoms with Crippen LogP contribution in [0.4, 0.5) is 0 Å². The van der Waals surface area contributed by atoms with E-state index in [1.54, 1.807) is 13.2 Å². The molecule has 0 spiro atoms. The Balaban J connectivity index is 3.09. The summed E-state index contributed by atoms with van der Waals surface area (Å²) in [7, 11) is 1.58. The molecule has 0 radical (unpaired) electrons. The topological polar surface area (TPSA) is 35.5 Å². The number of hydrogen-bond donors (Lipinski definition) is 0. The van der Waals surface area contributed by atoms with Gasteiger partial charge in [0.1, 0.15) is 11.5 Å². The number of allylic oxidation sites excluding steroid dienone is 1. The van der Waals surface area contributed by atoms with Gasteiger partial charge in [-0.3, -0.25) is 4.79 Å². The standard InChI is InChI=1S/C13H16O3/c1-5-9(2)11-6-12(15-4)8-13(7-11)16-10(3)14/h5-9H,1H2,2-4H3. The smallest absolute Gasteiger partial charge is 0.308 e. The van der Waals surface area contributed by atoms with E-state index >= 15 is 0 Å². The molecular formula is C13H16O3. The fraction of sp³-hybridized carbons (Fsp3) is 0.308. The van der Waals surface area contributed by atoms with E-state index in [1.165, 1.54) is 6.92 Å². The lowest BCUT2D eigenvalue weighted by Gasteiger charge is -2.11. The number of rotatable bonds is 4. The second-order valence-corrected chi connectivity index (χ2v) is 3.56. The van der Waals surface area contributed by atoms with E-state index < -0.39 is 0 Å². The van der Waals surface area contributed by atoms with E-state index in [0.29, 0.717) is 11.5 Å². The van der Waals surface area contributed by atoms with Crippen molar-refractivity contribution in [2.24, 2.45) is 0 Å². The summed E-state index contributed by atoms with van der Waals surface area (Å²) in [5.41, 5.74) is 1.01. The fourth-order valence-electron chi connectivity index (χ4n) is 1.34. The third-order valence-corrected chi connectivity index (χ3v) is 2.28. The molecule has 0 fully saturated rings. The summed E-state index contributed by atoms with van der Waals surface area (Å²) in [5.74, 6) is 1.01. The number of carbonyl (C=O) groups excluding carboxylic acids is 1. The lowest BCUT2D eigenvalue weighted by molar-refractivity contribution is -0.131.